The predicted molar refractivity (Wildman–Crippen MR) is 61.9 cm³/mol. The van der Waals surface area contributed by atoms with Crippen LogP contribution in [0.4, 0.5) is 13.2 Å². The monoisotopic (exact) mass is 268 g/mol. The van der Waals surface area contributed by atoms with E-state index in [2.05, 4.69) is 4.98 Å². The van der Waals surface area contributed by atoms with E-state index in [1.807, 2.05) is 6.07 Å². The number of rotatable bonds is 2. The van der Waals surface area contributed by atoms with E-state index in [-0.39, 0.29) is 6.42 Å². The molecular weight excluding hydrogens is 261 g/mol. The largest absolute Gasteiger partial charge is 0.416 e. The molecule has 1 heterocycles. The van der Waals surface area contributed by atoms with Gasteiger partial charge in [0.15, 0.2) is 0 Å². The Labute approximate surface area is 105 Å². The van der Waals surface area contributed by atoms with Crippen molar-refractivity contribution in [2.24, 2.45) is 0 Å². The summed E-state index contributed by atoms with van der Waals surface area (Å²) in [5.74, 6) is 0. The van der Waals surface area contributed by atoms with E-state index in [4.69, 9.17) is 5.26 Å². The van der Waals surface area contributed by atoms with Gasteiger partial charge in [-0.25, -0.2) is 4.98 Å². The Morgan fingerprint density at radius 3 is 2.78 bits per heavy atom. The summed E-state index contributed by atoms with van der Waals surface area (Å²) in [5.41, 5.74) is 0.177. The van der Waals surface area contributed by atoms with Crippen LogP contribution in [-0.4, -0.2) is 4.98 Å². The van der Waals surface area contributed by atoms with E-state index in [9.17, 15) is 13.2 Å². The van der Waals surface area contributed by atoms with Gasteiger partial charge >= 0.3 is 6.18 Å². The highest BCUT2D eigenvalue weighted by Crippen LogP contribution is 2.32. The van der Waals surface area contributed by atoms with E-state index >= 15 is 0 Å². The van der Waals surface area contributed by atoms with Gasteiger partial charge in [-0.1, -0.05) is 12.1 Å². The number of aromatic nitrogens is 1. The second-order valence-corrected chi connectivity index (χ2v) is 4.48. The molecule has 0 aliphatic heterocycles. The zero-order valence-electron chi connectivity index (χ0n) is 9.03. The molecule has 2 rings (SSSR count). The van der Waals surface area contributed by atoms with Gasteiger partial charge in [-0.05, 0) is 12.1 Å². The summed E-state index contributed by atoms with van der Waals surface area (Å²) in [6.45, 7) is 0. The van der Waals surface area contributed by atoms with Gasteiger partial charge in [-0.2, -0.15) is 18.4 Å². The number of hydrogen-bond donors (Lipinski definition) is 0. The molecule has 1 aromatic carbocycles. The summed E-state index contributed by atoms with van der Waals surface area (Å²) in [6.07, 6.45) is -4.19. The Hall–Kier alpha value is -1.87. The SMILES string of the molecule is N#CCc1nc(-c2cccc(C(F)(F)F)c2)cs1. The molecule has 0 saturated heterocycles. The van der Waals surface area contributed by atoms with Crippen LogP contribution in [0.1, 0.15) is 10.6 Å². The first-order valence-corrected chi connectivity index (χ1v) is 5.87. The summed E-state index contributed by atoms with van der Waals surface area (Å²) in [7, 11) is 0. The van der Waals surface area contributed by atoms with E-state index in [0.717, 1.165) is 12.1 Å². The van der Waals surface area contributed by atoms with Crippen LogP contribution in [0.5, 0.6) is 0 Å². The second kappa shape index (κ2) is 4.78. The van der Waals surface area contributed by atoms with Gasteiger partial charge in [0, 0.05) is 10.9 Å². The average Bonchev–Trinajstić information content (AvgIpc) is 2.77. The van der Waals surface area contributed by atoms with Crippen LogP contribution in [0.3, 0.4) is 0 Å². The molecule has 0 spiro atoms. The summed E-state index contributed by atoms with van der Waals surface area (Å²) in [6, 6.07) is 6.95. The third-order valence-electron chi connectivity index (χ3n) is 2.27. The van der Waals surface area contributed by atoms with Crippen molar-refractivity contribution in [3.63, 3.8) is 0 Å². The van der Waals surface area contributed by atoms with Crippen LogP contribution >= 0.6 is 11.3 Å². The first-order chi connectivity index (χ1) is 8.50. The van der Waals surface area contributed by atoms with Crippen LogP contribution in [0.2, 0.25) is 0 Å². The predicted octanol–water partition coefficient (Wildman–Crippen LogP) is 3.89. The Kier molecular flexibility index (Phi) is 3.34. The molecule has 0 aliphatic carbocycles. The fourth-order valence-electron chi connectivity index (χ4n) is 1.45. The summed E-state index contributed by atoms with van der Waals surface area (Å²) in [5, 5.41) is 10.8. The van der Waals surface area contributed by atoms with Gasteiger partial charge in [0.25, 0.3) is 0 Å². The summed E-state index contributed by atoms with van der Waals surface area (Å²) in [4.78, 5) is 4.12. The average molecular weight is 268 g/mol. The number of hydrogen-bond acceptors (Lipinski definition) is 3. The van der Waals surface area contributed by atoms with E-state index in [1.54, 1.807) is 11.4 Å². The lowest BCUT2D eigenvalue weighted by Crippen LogP contribution is -2.04. The van der Waals surface area contributed by atoms with Crippen molar-refractivity contribution in [2.45, 2.75) is 12.6 Å². The third kappa shape index (κ3) is 2.68. The second-order valence-electron chi connectivity index (χ2n) is 3.54. The molecule has 6 heteroatoms. The lowest BCUT2D eigenvalue weighted by atomic mass is 10.1. The molecule has 0 saturated carbocycles. The molecule has 0 atom stereocenters. The first-order valence-electron chi connectivity index (χ1n) is 4.99. The minimum Gasteiger partial charge on any atom is -0.240 e. The molecule has 2 nitrogen and oxygen atoms in total. The maximum atomic E-state index is 12.5. The van der Waals surface area contributed by atoms with Gasteiger partial charge in [0.2, 0.25) is 0 Å². The molecule has 0 aliphatic rings. The molecule has 0 N–H and O–H groups in total. The van der Waals surface area contributed by atoms with Crippen LogP contribution < -0.4 is 0 Å². The molecule has 2 aromatic rings. The fourth-order valence-corrected chi connectivity index (χ4v) is 2.18. The van der Waals surface area contributed by atoms with E-state index < -0.39 is 11.7 Å². The highest BCUT2D eigenvalue weighted by molar-refractivity contribution is 7.10. The van der Waals surface area contributed by atoms with E-state index in [0.29, 0.717) is 16.3 Å². The zero-order valence-corrected chi connectivity index (χ0v) is 9.85. The lowest BCUT2D eigenvalue weighted by molar-refractivity contribution is -0.137. The van der Waals surface area contributed by atoms with Crippen molar-refractivity contribution in [1.29, 1.82) is 5.26 Å². The third-order valence-corrected chi connectivity index (χ3v) is 3.12. The Morgan fingerprint density at radius 1 is 1.33 bits per heavy atom. The fraction of sp³-hybridized carbons (Fsp3) is 0.167. The molecule has 0 unspecified atom stereocenters. The van der Waals surface area contributed by atoms with Crippen molar-refractivity contribution >= 4 is 11.3 Å². The Balaban J connectivity index is 2.36. The Morgan fingerprint density at radius 2 is 2.11 bits per heavy atom. The number of benzene rings is 1. The summed E-state index contributed by atoms with van der Waals surface area (Å²) >= 11 is 1.27. The molecule has 1 aromatic heterocycles. The molecule has 92 valence electrons. The first kappa shape index (κ1) is 12.6. The van der Waals surface area contributed by atoms with Crippen molar-refractivity contribution in [1.82, 2.24) is 4.98 Å². The minimum absolute atomic E-state index is 0.170. The minimum atomic E-state index is -4.36. The standard InChI is InChI=1S/C12H7F3N2S/c13-12(14,15)9-3-1-2-8(6-9)10-7-18-11(17-10)4-5-16/h1-3,6-7H,4H2. The van der Waals surface area contributed by atoms with Crippen LogP contribution in [0.25, 0.3) is 11.3 Å². The van der Waals surface area contributed by atoms with Crippen LogP contribution in [0.15, 0.2) is 29.6 Å². The van der Waals surface area contributed by atoms with Gasteiger partial charge in [0.1, 0.15) is 5.01 Å². The summed E-state index contributed by atoms with van der Waals surface area (Å²) < 4.78 is 37.6. The van der Waals surface area contributed by atoms with Crippen molar-refractivity contribution in [2.75, 3.05) is 0 Å². The lowest BCUT2D eigenvalue weighted by Gasteiger charge is -2.07. The zero-order chi connectivity index (χ0) is 13.2. The van der Waals surface area contributed by atoms with Crippen LogP contribution in [-0.2, 0) is 12.6 Å². The van der Waals surface area contributed by atoms with Gasteiger partial charge < -0.3 is 0 Å². The molecule has 0 fully saturated rings. The van der Waals surface area contributed by atoms with Crippen molar-refractivity contribution in [3.05, 3.63) is 40.2 Å². The maximum absolute atomic E-state index is 12.5. The Bertz CT molecular complexity index is 596. The number of thiazole rings is 1. The molecule has 0 bridgehead atoms. The quantitative estimate of drug-likeness (QED) is 0.828. The molecule has 18 heavy (non-hydrogen) atoms. The molecular formula is C12H7F3N2S. The highest BCUT2D eigenvalue weighted by atomic mass is 32.1. The molecule has 0 amide bonds. The van der Waals surface area contributed by atoms with E-state index in [1.165, 1.54) is 17.4 Å². The topological polar surface area (TPSA) is 36.7 Å². The highest BCUT2D eigenvalue weighted by Gasteiger charge is 2.30. The van der Waals surface area contributed by atoms with Crippen LogP contribution in [0, 0.1) is 11.3 Å². The number of alkyl halides is 3. The van der Waals surface area contributed by atoms with Gasteiger partial charge in [0.05, 0.1) is 23.7 Å². The number of nitriles is 1. The van der Waals surface area contributed by atoms with Gasteiger partial charge in [-0.3, -0.25) is 0 Å². The number of halogens is 3. The van der Waals surface area contributed by atoms with Crippen molar-refractivity contribution < 1.29 is 13.2 Å². The normalized spacial score (nSPS) is 11.2. The van der Waals surface area contributed by atoms with Crippen molar-refractivity contribution in [3.8, 4) is 17.3 Å². The van der Waals surface area contributed by atoms with Gasteiger partial charge in [-0.15, -0.1) is 11.3 Å². The maximum Gasteiger partial charge on any atom is 0.416 e. The smallest absolute Gasteiger partial charge is 0.240 e. The molecule has 0 radical (unpaired) electrons. The number of nitrogens with zero attached hydrogens (tertiary/aromatic N) is 2.